The van der Waals surface area contributed by atoms with E-state index in [1.54, 1.807) is 24.3 Å². The van der Waals surface area contributed by atoms with Gasteiger partial charge in [-0.3, -0.25) is 9.59 Å². The highest BCUT2D eigenvalue weighted by Gasteiger charge is 2.30. The Morgan fingerprint density at radius 2 is 1.74 bits per heavy atom. The molecule has 0 unspecified atom stereocenters. The number of carbonyl (C=O) groups is 2. The first-order valence-electron chi connectivity index (χ1n) is 9.45. The molecule has 11 heteroatoms. The molecule has 0 spiro atoms. The van der Waals surface area contributed by atoms with Crippen LogP contribution in [0.5, 0.6) is 5.75 Å². The predicted octanol–water partition coefficient (Wildman–Crippen LogP) is 1.51. The maximum Gasteiger partial charge on any atom is 0.258 e. The van der Waals surface area contributed by atoms with E-state index < -0.39 is 21.7 Å². The van der Waals surface area contributed by atoms with Crippen LogP contribution < -0.4 is 10.1 Å². The molecule has 0 aliphatic carbocycles. The maximum absolute atomic E-state index is 13.3. The predicted molar refractivity (Wildman–Crippen MR) is 112 cm³/mol. The molecule has 1 heterocycles. The van der Waals surface area contributed by atoms with Crippen LogP contribution in [0.1, 0.15) is 0 Å². The van der Waals surface area contributed by atoms with Crippen LogP contribution in [0, 0.1) is 5.82 Å². The Morgan fingerprint density at radius 1 is 1.06 bits per heavy atom. The van der Waals surface area contributed by atoms with Crippen molar-refractivity contribution in [3.05, 3.63) is 59.4 Å². The minimum absolute atomic E-state index is 0.0775. The highest BCUT2D eigenvalue weighted by atomic mass is 35.5. The van der Waals surface area contributed by atoms with Gasteiger partial charge in [-0.25, -0.2) is 12.8 Å². The van der Waals surface area contributed by atoms with Gasteiger partial charge in [0.2, 0.25) is 15.9 Å². The molecule has 0 radical (unpaired) electrons. The van der Waals surface area contributed by atoms with Gasteiger partial charge in [-0.15, -0.1) is 0 Å². The number of carbonyl (C=O) groups excluding carboxylic acids is 2. The molecule has 0 aromatic heterocycles. The van der Waals surface area contributed by atoms with Crippen LogP contribution in [0.15, 0.2) is 53.4 Å². The van der Waals surface area contributed by atoms with Gasteiger partial charge in [-0.1, -0.05) is 29.8 Å². The van der Waals surface area contributed by atoms with E-state index in [2.05, 4.69) is 5.32 Å². The second-order valence-electron chi connectivity index (χ2n) is 6.74. The summed E-state index contributed by atoms with van der Waals surface area (Å²) in [6.45, 7) is 0.0653. The lowest BCUT2D eigenvalue weighted by Crippen LogP contribution is -2.52. The summed E-state index contributed by atoms with van der Waals surface area (Å²) in [4.78, 5) is 25.6. The number of halogens is 2. The largest absolute Gasteiger partial charge is 0.484 e. The zero-order valence-electron chi connectivity index (χ0n) is 16.5. The van der Waals surface area contributed by atoms with E-state index in [9.17, 15) is 22.4 Å². The molecular weight excluding hydrogens is 449 g/mol. The Kier molecular flexibility index (Phi) is 7.47. The van der Waals surface area contributed by atoms with E-state index in [-0.39, 0.29) is 55.2 Å². The minimum atomic E-state index is -3.85. The van der Waals surface area contributed by atoms with Crippen molar-refractivity contribution in [2.75, 3.05) is 39.3 Å². The van der Waals surface area contributed by atoms with E-state index in [1.807, 2.05) is 6.07 Å². The Balaban J connectivity index is 1.46. The number of hydrogen-bond donors (Lipinski definition) is 1. The molecule has 0 bridgehead atoms. The molecular formula is C20H21ClFN3O5S. The maximum atomic E-state index is 13.3. The summed E-state index contributed by atoms with van der Waals surface area (Å²) in [7, 11) is -3.85. The lowest BCUT2D eigenvalue weighted by molar-refractivity contribution is -0.134. The normalized spacial score (nSPS) is 14.8. The van der Waals surface area contributed by atoms with Gasteiger partial charge in [0.1, 0.15) is 11.6 Å². The van der Waals surface area contributed by atoms with Crippen LogP contribution in [0.25, 0.3) is 0 Å². The number of benzene rings is 2. The number of sulfonamides is 1. The second-order valence-corrected chi connectivity index (χ2v) is 9.08. The van der Waals surface area contributed by atoms with Crippen LogP contribution in [-0.2, 0) is 19.6 Å². The number of para-hydroxylation sites is 1. The lowest BCUT2D eigenvalue weighted by Gasteiger charge is -2.34. The summed E-state index contributed by atoms with van der Waals surface area (Å²) in [5, 5.41) is 2.22. The van der Waals surface area contributed by atoms with Crippen LogP contribution in [0.2, 0.25) is 5.02 Å². The van der Waals surface area contributed by atoms with E-state index >= 15 is 0 Å². The van der Waals surface area contributed by atoms with Gasteiger partial charge in [0.05, 0.1) is 16.5 Å². The first-order valence-corrected chi connectivity index (χ1v) is 11.3. The molecule has 0 atom stereocenters. The Hall–Kier alpha value is -2.69. The lowest BCUT2D eigenvalue weighted by atomic mass is 10.3. The zero-order chi connectivity index (χ0) is 22.4. The highest BCUT2D eigenvalue weighted by Crippen LogP contribution is 2.23. The van der Waals surface area contributed by atoms with Gasteiger partial charge in [-0.2, -0.15) is 4.31 Å². The van der Waals surface area contributed by atoms with Crippen molar-refractivity contribution in [1.82, 2.24) is 14.5 Å². The van der Waals surface area contributed by atoms with Crippen molar-refractivity contribution < 1.29 is 27.1 Å². The summed E-state index contributed by atoms with van der Waals surface area (Å²) < 4.78 is 45.2. The third kappa shape index (κ3) is 5.93. The molecule has 166 valence electrons. The van der Waals surface area contributed by atoms with E-state index in [0.717, 1.165) is 18.2 Å². The van der Waals surface area contributed by atoms with Gasteiger partial charge >= 0.3 is 0 Å². The van der Waals surface area contributed by atoms with Gasteiger partial charge < -0.3 is 15.0 Å². The molecule has 8 nitrogen and oxygen atoms in total. The number of rotatable bonds is 7. The highest BCUT2D eigenvalue weighted by molar-refractivity contribution is 7.89. The molecule has 0 saturated carbocycles. The van der Waals surface area contributed by atoms with Crippen molar-refractivity contribution in [1.29, 1.82) is 0 Å². The topological polar surface area (TPSA) is 96.0 Å². The van der Waals surface area contributed by atoms with Crippen LogP contribution in [0.3, 0.4) is 0 Å². The van der Waals surface area contributed by atoms with Crippen molar-refractivity contribution in [3.8, 4) is 5.75 Å². The molecule has 1 fully saturated rings. The van der Waals surface area contributed by atoms with Crippen molar-refractivity contribution >= 4 is 33.4 Å². The smallest absolute Gasteiger partial charge is 0.258 e. The van der Waals surface area contributed by atoms with E-state index in [1.165, 1.54) is 9.21 Å². The van der Waals surface area contributed by atoms with Crippen molar-refractivity contribution in [2.45, 2.75) is 4.90 Å². The van der Waals surface area contributed by atoms with E-state index in [0.29, 0.717) is 5.75 Å². The van der Waals surface area contributed by atoms with Gasteiger partial charge in [0.15, 0.2) is 6.61 Å². The monoisotopic (exact) mass is 469 g/mol. The summed E-state index contributed by atoms with van der Waals surface area (Å²) in [6, 6.07) is 12.0. The number of hydrogen-bond acceptors (Lipinski definition) is 5. The Bertz CT molecular complexity index is 1040. The average Bonchev–Trinajstić information content (AvgIpc) is 2.78. The summed E-state index contributed by atoms with van der Waals surface area (Å²) >= 11 is 5.69. The van der Waals surface area contributed by atoms with Gasteiger partial charge in [0, 0.05) is 26.2 Å². The van der Waals surface area contributed by atoms with Gasteiger partial charge in [-0.05, 0) is 30.3 Å². The second kappa shape index (κ2) is 10.1. The molecule has 2 aromatic rings. The third-order valence-corrected chi connectivity index (χ3v) is 6.85. The molecule has 31 heavy (non-hydrogen) atoms. The summed E-state index contributed by atoms with van der Waals surface area (Å²) in [5.74, 6) is -0.919. The first kappa shape index (κ1) is 23.0. The SMILES string of the molecule is O=C(COc1ccccc1)NCC(=O)N1CCN(S(=O)(=O)c2ccc(F)c(Cl)c2)CC1. The number of nitrogens with zero attached hydrogens (tertiary/aromatic N) is 2. The van der Waals surface area contributed by atoms with Crippen LogP contribution >= 0.6 is 11.6 Å². The molecule has 1 N–H and O–H groups in total. The fourth-order valence-electron chi connectivity index (χ4n) is 2.97. The summed E-state index contributed by atoms with van der Waals surface area (Å²) in [6.07, 6.45) is 0. The zero-order valence-corrected chi connectivity index (χ0v) is 18.0. The average molecular weight is 470 g/mol. The van der Waals surface area contributed by atoms with Gasteiger partial charge in [0.25, 0.3) is 5.91 Å². The molecule has 1 aliphatic heterocycles. The molecule has 2 aromatic carbocycles. The number of ether oxygens (including phenoxy) is 1. The molecule has 1 aliphatic rings. The molecule has 3 rings (SSSR count). The first-order chi connectivity index (χ1) is 14.8. The fourth-order valence-corrected chi connectivity index (χ4v) is 4.66. The van der Waals surface area contributed by atoms with Crippen molar-refractivity contribution in [3.63, 3.8) is 0 Å². The Morgan fingerprint density at radius 3 is 2.39 bits per heavy atom. The summed E-state index contributed by atoms with van der Waals surface area (Å²) in [5.41, 5.74) is 0. The minimum Gasteiger partial charge on any atom is -0.484 e. The van der Waals surface area contributed by atoms with E-state index in [4.69, 9.17) is 16.3 Å². The van der Waals surface area contributed by atoms with Crippen LogP contribution in [-0.4, -0.2) is 68.8 Å². The third-order valence-electron chi connectivity index (χ3n) is 4.67. The number of piperazine rings is 1. The molecule has 1 saturated heterocycles. The standard InChI is InChI=1S/C20H21ClFN3O5S/c21-17-12-16(6-7-18(17)22)31(28,29)25-10-8-24(9-11-25)20(27)13-23-19(26)14-30-15-4-2-1-3-5-15/h1-7,12H,8-11,13-14H2,(H,23,26). The Labute approximate surface area is 184 Å². The molecule has 2 amide bonds. The van der Waals surface area contributed by atoms with Crippen LogP contribution in [0.4, 0.5) is 4.39 Å². The fraction of sp³-hybridized carbons (Fsp3) is 0.300. The number of nitrogens with one attached hydrogen (secondary N) is 1. The number of amides is 2. The quantitative estimate of drug-likeness (QED) is 0.663. The van der Waals surface area contributed by atoms with Crippen molar-refractivity contribution in [2.24, 2.45) is 0 Å².